The molecule has 0 unspecified atom stereocenters. The Balaban J connectivity index is 1.93. The minimum atomic E-state index is -1.72. The van der Waals surface area contributed by atoms with E-state index in [4.69, 9.17) is 14.3 Å². The molecule has 1 aliphatic heterocycles. The quantitative estimate of drug-likeness (QED) is 0.249. The van der Waals surface area contributed by atoms with Gasteiger partial charge in [0, 0.05) is 12.8 Å². The van der Waals surface area contributed by atoms with Crippen LogP contribution >= 0.6 is 0 Å². The van der Waals surface area contributed by atoms with Gasteiger partial charge in [-0.05, 0) is 42.6 Å². The van der Waals surface area contributed by atoms with Crippen molar-refractivity contribution in [1.29, 1.82) is 0 Å². The summed E-state index contributed by atoms with van der Waals surface area (Å²) in [7, 11) is 0. The molecule has 1 heterocycles. The molecule has 0 aromatic heterocycles. The molecule has 1 fully saturated rings. The van der Waals surface area contributed by atoms with E-state index in [1.807, 2.05) is 26.8 Å². The second kappa shape index (κ2) is 10.2. The molecule has 0 saturated carbocycles. The van der Waals surface area contributed by atoms with Gasteiger partial charge >= 0.3 is 11.9 Å². The molecule has 184 valence electrons. The highest BCUT2D eigenvalue weighted by Crippen LogP contribution is 2.51. The number of aliphatic hydroxyl groups is 1. The maximum Gasteiger partial charge on any atom is 0.310 e. The zero-order valence-electron chi connectivity index (χ0n) is 19.8. The van der Waals surface area contributed by atoms with Crippen LogP contribution in [0.15, 0.2) is 23.8 Å². The number of allylic oxidation sites excluding steroid dienone is 3. The van der Waals surface area contributed by atoms with Gasteiger partial charge in [0.15, 0.2) is 0 Å². The molecule has 0 radical (unpaired) electrons. The fourth-order valence-corrected chi connectivity index (χ4v) is 5.39. The van der Waals surface area contributed by atoms with Crippen molar-refractivity contribution in [3.8, 4) is 0 Å². The van der Waals surface area contributed by atoms with Gasteiger partial charge in [-0.2, -0.15) is 0 Å². The van der Waals surface area contributed by atoms with Crippen LogP contribution in [0.3, 0.4) is 0 Å². The van der Waals surface area contributed by atoms with E-state index < -0.39 is 46.9 Å². The van der Waals surface area contributed by atoms with Gasteiger partial charge in [0.05, 0.1) is 24.4 Å². The van der Waals surface area contributed by atoms with Crippen LogP contribution in [0.5, 0.6) is 0 Å². The first-order valence-electron chi connectivity index (χ1n) is 11.9. The van der Waals surface area contributed by atoms with E-state index in [0.717, 1.165) is 5.57 Å². The van der Waals surface area contributed by atoms with Gasteiger partial charge < -0.3 is 14.6 Å². The number of cyclic esters (lactones) is 1. The standard InChI is InChI=1S/C24H35NO8/c1-5-15(3)23(28)32-24(33-25(29)30)13-14(2)10-17-7-6-16(4)20(22(17)24)9-8-19-11-18(26)12-21(27)31-19/h6-7,10,14-16,18-20,22,26H,5,8-9,11-13H2,1-4H3/t14-,15-,16-,18+,19+,20-,22-,24-/m0/s1. The largest absolute Gasteiger partial charge is 0.462 e. The summed E-state index contributed by atoms with van der Waals surface area (Å²) < 4.78 is 11.3. The van der Waals surface area contributed by atoms with Crippen LogP contribution in [-0.4, -0.2) is 40.1 Å². The number of carbonyl (C=O) groups excluding carboxylic acids is 2. The number of nitrogens with zero attached hydrogens (tertiary/aromatic N) is 1. The van der Waals surface area contributed by atoms with Gasteiger partial charge in [-0.3, -0.25) is 14.4 Å². The first-order valence-corrected chi connectivity index (χ1v) is 11.9. The van der Waals surface area contributed by atoms with E-state index in [-0.39, 0.29) is 30.6 Å². The van der Waals surface area contributed by atoms with E-state index in [9.17, 15) is 24.8 Å². The average Bonchev–Trinajstić information content (AvgIpc) is 2.71. The molecular formula is C24H35NO8. The third kappa shape index (κ3) is 5.75. The number of ether oxygens (including phenoxy) is 2. The lowest BCUT2D eigenvalue weighted by atomic mass is 9.63. The first-order chi connectivity index (χ1) is 15.5. The highest BCUT2D eigenvalue weighted by atomic mass is 17.0. The molecule has 9 heteroatoms. The van der Waals surface area contributed by atoms with Crippen LogP contribution in [0.4, 0.5) is 0 Å². The smallest absolute Gasteiger partial charge is 0.310 e. The summed E-state index contributed by atoms with van der Waals surface area (Å²) in [6.45, 7) is 7.53. The van der Waals surface area contributed by atoms with E-state index in [1.165, 1.54) is 0 Å². The van der Waals surface area contributed by atoms with E-state index in [0.29, 0.717) is 25.7 Å². The molecule has 0 amide bonds. The van der Waals surface area contributed by atoms with Crippen molar-refractivity contribution in [3.63, 3.8) is 0 Å². The fourth-order valence-electron chi connectivity index (χ4n) is 5.39. The predicted molar refractivity (Wildman–Crippen MR) is 118 cm³/mol. The average molecular weight is 466 g/mol. The Kier molecular flexibility index (Phi) is 7.82. The zero-order chi connectivity index (χ0) is 24.3. The Labute approximate surface area is 194 Å². The molecule has 3 aliphatic rings. The number of fused-ring (bicyclic) bond motifs is 1. The second-order valence-corrected chi connectivity index (χ2v) is 9.85. The van der Waals surface area contributed by atoms with Gasteiger partial charge in [0.25, 0.3) is 10.9 Å². The van der Waals surface area contributed by atoms with Crippen LogP contribution in [0, 0.1) is 39.7 Å². The van der Waals surface area contributed by atoms with E-state index >= 15 is 0 Å². The molecule has 1 N–H and O–H groups in total. The van der Waals surface area contributed by atoms with Gasteiger partial charge in [-0.1, -0.05) is 45.9 Å². The SMILES string of the molecule is CC[C@H](C)C(=O)O[C@]1(O[N+](=O)[O-])C[C@@H](C)C=C2C=C[C@H](C)[C@H](CC[C@@H]3C[C@@H](O)CC(=O)O3)[C@H]21. The highest BCUT2D eigenvalue weighted by Gasteiger charge is 2.55. The molecule has 3 rings (SSSR count). The Morgan fingerprint density at radius 1 is 1.39 bits per heavy atom. The van der Waals surface area contributed by atoms with E-state index in [1.54, 1.807) is 6.92 Å². The summed E-state index contributed by atoms with van der Waals surface area (Å²) in [5, 5.41) is 20.7. The summed E-state index contributed by atoms with van der Waals surface area (Å²) in [6, 6.07) is 0. The Bertz CT molecular complexity index is 823. The molecule has 1 saturated heterocycles. The first kappa shape index (κ1) is 25.2. The maximum absolute atomic E-state index is 12.8. The van der Waals surface area contributed by atoms with Gasteiger partial charge in [-0.15, -0.1) is 10.1 Å². The minimum absolute atomic E-state index is 0.00216. The summed E-state index contributed by atoms with van der Waals surface area (Å²) in [4.78, 5) is 41.5. The molecule has 2 aliphatic carbocycles. The lowest BCUT2D eigenvalue weighted by molar-refractivity contribution is -0.798. The lowest BCUT2D eigenvalue weighted by Crippen LogP contribution is -2.55. The normalized spacial score (nSPS) is 36.8. The second-order valence-electron chi connectivity index (χ2n) is 9.85. The molecule has 0 aromatic carbocycles. The van der Waals surface area contributed by atoms with Crippen LogP contribution in [0.25, 0.3) is 0 Å². The zero-order valence-corrected chi connectivity index (χ0v) is 19.8. The number of hydrogen-bond donors (Lipinski definition) is 1. The number of hydrogen-bond acceptors (Lipinski definition) is 8. The Morgan fingerprint density at radius 2 is 2.12 bits per heavy atom. The topological polar surface area (TPSA) is 125 Å². The monoisotopic (exact) mass is 465 g/mol. The number of aliphatic hydroxyl groups excluding tert-OH is 1. The fraction of sp³-hybridized carbons (Fsp3) is 0.750. The van der Waals surface area contributed by atoms with Gasteiger partial charge in [0.1, 0.15) is 6.10 Å². The molecule has 0 bridgehead atoms. The lowest BCUT2D eigenvalue weighted by Gasteiger charge is -2.49. The Hall–Kier alpha value is -2.42. The number of carbonyl (C=O) groups is 2. The highest BCUT2D eigenvalue weighted by molar-refractivity contribution is 5.72. The van der Waals surface area contributed by atoms with Crippen LogP contribution in [-0.2, 0) is 23.9 Å². The molecule has 0 spiro atoms. The molecule has 8 atom stereocenters. The van der Waals surface area contributed by atoms with Gasteiger partial charge in [0.2, 0.25) is 0 Å². The van der Waals surface area contributed by atoms with Crippen molar-refractivity contribution < 1.29 is 34.1 Å². The van der Waals surface area contributed by atoms with Crippen molar-refractivity contribution in [1.82, 2.24) is 0 Å². The van der Waals surface area contributed by atoms with Gasteiger partial charge in [-0.25, -0.2) is 0 Å². The molecular weight excluding hydrogens is 430 g/mol. The number of rotatable bonds is 8. The van der Waals surface area contributed by atoms with Crippen molar-refractivity contribution in [2.75, 3.05) is 0 Å². The number of esters is 2. The molecule has 9 nitrogen and oxygen atoms in total. The van der Waals surface area contributed by atoms with Crippen LogP contribution < -0.4 is 0 Å². The van der Waals surface area contributed by atoms with Crippen LogP contribution in [0.2, 0.25) is 0 Å². The van der Waals surface area contributed by atoms with E-state index in [2.05, 4.69) is 12.2 Å². The summed E-state index contributed by atoms with van der Waals surface area (Å²) in [6.07, 6.45) is 7.08. The predicted octanol–water partition coefficient (Wildman–Crippen LogP) is 3.73. The maximum atomic E-state index is 12.8. The minimum Gasteiger partial charge on any atom is -0.462 e. The summed E-state index contributed by atoms with van der Waals surface area (Å²) in [5.41, 5.74) is 0.858. The summed E-state index contributed by atoms with van der Waals surface area (Å²) >= 11 is 0. The van der Waals surface area contributed by atoms with Crippen LogP contribution in [0.1, 0.15) is 66.2 Å². The molecule has 33 heavy (non-hydrogen) atoms. The third-order valence-electron chi connectivity index (χ3n) is 7.19. The van der Waals surface area contributed by atoms with Crippen molar-refractivity contribution in [2.45, 2.75) is 84.2 Å². The van der Waals surface area contributed by atoms with Crippen molar-refractivity contribution in [2.24, 2.45) is 29.6 Å². The summed E-state index contributed by atoms with van der Waals surface area (Å²) in [5.74, 6) is -3.81. The third-order valence-corrected chi connectivity index (χ3v) is 7.19. The van der Waals surface area contributed by atoms with Crippen molar-refractivity contribution >= 4 is 11.9 Å². The Morgan fingerprint density at radius 3 is 2.76 bits per heavy atom. The molecule has 0 aromatic rings. The van der Waals surface area contributed by atoms with Crippen molar-refractivity contribution in [3.05, 3.63) is 33.9 Å².